The molecule has 0 amide bonds. The molecule has 5 aromatic rings. The van der Waals surface area contributed by atoms with E-state index in [1.807, 2.05) is 71.4 Å². The third-order valence-corrected chi connectivity index (χ3v) is 5.54. The zero-order valence-electron chi connectivity index (χ0n) is 18.9. The largest absolute Gasteiger partial charge is 0.488 e. The molecule has 7 nitrogen and oxygen atoms in total. The van der Waals surface area contributed by atoms with Gasteiger partial charge in [0.25, 0.3) is 0 Å². The molecule has 0 radical (unpaired) electrons. The molecular weight excluding hydrogens is 442 g/mol. The number of benzene rings is 3. The molecule has 5 rings (SSSR count). The van der Waals surface area contributed by atoms with Crippen LogP contribution in [0.1, 0.15) is 27.2 Å². The first-order chi connectivity index (χ1) is 17.1. The average molecular weight is 466 g/mol. The summed E-state index contributed by atoms with van der Waals surface area (Å²) in [5, 5.41) is 10.7. The van der Waals surface area contributed by atoms with Crippen LogP contribution in [0.4, 0.5) is 0 Å². The normalized spacial score (nSPS) is 10.9. The number of ether oxygens (including phenoxy) is 2. The predicted octanol–water partition coefficient (Wildman–Crippen LogP) is 5.34. The Morgan fingerprint density at radius 1 is 0.886 bits per heavy atom. The Bertz CT molecular complexity index is 1460. The monoisotopic (exact) mass is 465 g/mol. The molecule has 0 atom stereocenters. The lowest BCUT2D eigenvalue weighted by Crippen LogP contribution is -2.06. The molecule has 2 heterocycles. The number of carboxylic acids is 1. The zero-order chi connectivity index (χ0) is 24.0. The van der Waals surface area contributed by atoms with Gasteiger partial charge in [-0.25, -0.2) is 14.8 Å². The van der Waals surface area contributed by atoms with Crippen LogP contribution in [0, 0.1) is 0 Å². The third kappa shape index (κ3) is 5.47. The molecule has 1 N–H and O–H groups in total. The Balaban J connectivity index is 1.26. The van der Waals surface area contributed by atoms with E-state index in [0.717, 1.165) is 27.7 Å². The molecule has 0 unspecified atom stereocenters. The second-order valence-electron chi connectivity index (χ2n) is 8.09. The highest BCUT2D eigenvalue weighted by Crippen LogP contribution is 2.24. The van der Waals surface area contributed by atoms with Gasteiger partial charge in [-0.2, -0.15) is 0 Å². The van der Waals surface area contributed by atoms with Crippen LogP contribution in [0.2, 0.25) is 0 Å². The van der Waals surface area contributed by atoms with Crippen molar-refractivity contribution in [3.63, 3.8) is 0 Å². The molecule has 3 aromatic carbocycles. The van der Waals surface area contributed by atoms with Crippen molar-refractivity contribution in [2.24, 2.45) is 0 Å². The zero-order valence-corrected chi connectivity index (χ0v) is 18.9. The summed E-state index contributed by atoms with van der Waals surface area (Å²) in [6.45, 7) is 1.12. The van der Waals surface area contributed by atoms with Gasteiger partial charge in [-0.1, -0.05) is 42.5 Å². The first kappa shape index (κ1) is 22.2. The molecule has 7 heteroatoms. The minimum atomic E-state index is -1.03. The summed E-state index contributed by atoms with van der Waals surface area (Å²) in [7, 11) is 0. The minimum Gasteiger partial charge on any atom is -0.488 e. The molecule has 0 saturated heterocycles. The van der Waals surface area contributed by atoms with E-state index in [4.69, 9.17) is 9.47 Å². The van der Waals surface area contributed by atoms with Crippen LogP contribution in [-0.4, -0.2) is 25.6 Å². The summed E-state index contributed by atoms with van der Waals surface area (Å²) < 4.78 is 13.8. The number of rotatable bonds is 9. The van der Waals surface area contributed by atoms with Crippen LogP contribution < -0.4 is 9.47 Å². The van der Waals surface area contributed by atoms with E-state index in [1.54, 1.807) is 30.7 Å². The predicted molar refractivity (Wildman–Crippen MR) is 132 cm³/mol. The standard InChI is InChI=1S/C28H23N3O4/c32-28(33)25-11-8-20(16-31-13-12-29-19-31)15-27(25)35-17-21-4-3-6-24(14-21)34-18-23-10-9-22-5-1-2-7-26(22)30-23/h1-15,19H,16-18H2,(H,32,33). The van der Waals surface area contributed by atoms with Gasteiger partial charge in [-0.15, -0.1) is 0 Å². The van der Waals surface area contributed by atoms with Crippen molar-refractivity contribution in [3.8, 4) is 11.5 Å². The second-order valence-corrected chi connectivity index (χ2v) is 8.09. The number of aromatic nitrogens is 3. The number of hydrogen-bond donors (Lipinski definition) is 1. The van der Waals surface area contributed by atoms with E-state index in [0.29, 0.717) is 24.7 Å². The SMILES string of the molecule is O=C(O)c1ccc(Cn2ccnc2)cc1OCc1cccc(OCc2ccc3ccccc3n2)c1. The Kier molecular flexibility index (Phi) is 6.39. The summed E-state index contributed by atoms with van der Waals surface area (Å²) in [5.74, 6) is -0.0238. The van der Waals surface area contributed by atoms with Crippen LogP contribution in [0.25, 0.3) is 10.9 Å². The first-order valence-electron chi connectivity index (χ1n) is 11.2. The molecule has 0 saturated carbocycles. The van der Waals surface area contributed by atoms with E-state index in [1.165, 1.54) is 0 Å². The molecule has 0 bridgehead atoms. The van der Waals surface area contributed by atoms with E-state index >= 15 is 0 Å². The number of nitrogens with zero attached hydrogens (tertiary/aromatic N) is 3. The maximum absolute atomic E-state index is 11.7. The van der Waals surface area contributed by atoms with Crippen molar-refractivity contribution in [1.82, 2.24) is 14.5 Å². The lowest BCUT2D eigenvalue weighted by Gasteiger charge is -2.13. The van der Waals surface area contributed by atoms with Crippen LogP contribution in [0.5, 0.6) is 11.5 Å². The number of fused-ring (bicyclic) bond motifs is 1. The van der Waals surface area contributed by atoms with Gasteiger partial charge in [0.05, 0.1) is 17.5 Å². The molecule has 2 aromatic heterocycles. The van der Waals surface area contributed by atoms with Gasteiger partial charge in [0, 0.05) is 24.3 Å². The topological polar surface area (TPSA) is 86.5 Å². The van der Waals surface area contributed by atoms with E-state index in [2.05, 4.69) is 9.97 Å². The number of imidazole rings is 1. The molecule has 0 fully saturated rings. The van der Waals surface area contributed by atoms with E-state index in [9.17, 15) is 9.90 Å². The maximum Gasteiger partial charge on any atom is 0.339 e. The van der Waals surface area contributed by atoms with Crippen LogP contribution in [0.3, 0.4) is 0 Å². The van der Waals surface area contributed by atoms with Gasteiger partial charge in [0.2, 0.25) is 0 Å². The first-order valence-corrected chi connectivity index (χ1v) is 11.2. The van der Waals surface area contributed by atoms with Gasteiger partial charge < -0.3 is 19.1 Å². The van der Waals surface area contributed by atoms with Crippen molar-refractivity contribution in [2.75, 3.05) is 0 Å². The fourth-order valence-electron chi connectivity index (χ4n) is 3.78. The third-order valence-electron chi connectivity index (χ3n) is 5.54. The highest BCUT2D eigenvalue weighted by atomic mass is 16.5. The summed E-state index contributed by atoms with van der Waals surface area (Å²) >= 11 is 0. The molecule has 174 valence electrons. The summed E-state index contributed by atoms with van der Waals surface area (Å²) in [6, 6.07) is 24.6. The van der Waals surface area contributed by atoms with Crippen LogP contribution >= 0.6 is 0 Å². The fraction of sp³-hybridized carbons (Fsp3) is 0.107. The molecule has 0 spiro atoms. The summed E-state index contributed by atoms with van der Waals surface area (Å²) in [6.07, 6.45) is 5.27. The van der Waals surface area contributed by atoms with Crippen molar-refractivity contribution in [3.05, 3.63) is 120 Å². The molecular formula is C28H23N3O4. The molecule has 0 aliphatic heterocycles. The quantitative estimate of drug-likeness (QED) is 0.316. The second kappa shape index (κ2) is 10.1. The smallest absolute Gasteiger partial charge is 0.339 e. The number of aromatic carboxylic acids is 1. The number of para-hydroxylation sites is 1. The highest BCUT2D eigenvalue weighted by molar-refractivity contribution is 5.91. The van der Waals surface area contributed by atoms with Gasteiger partial charge in [0.1, 0.15) is 30.3 Å². The van der Waals surface area contributed by atoms with E-state index < -0.39 is 5.97 Å². The Morgan fingerprint density at radius 2 is 1.80 bits per heavy atom. The van der Waals surface area contributed by atoms with Gasteiger partial charge in [0.15, 0.2) is 0 Å². The summed E-state index contributed by atoms with van der Waals surface area (Å²) in [4.78, 5) is 20.4. The number of hydrogen-bond acceptors (Lipinski definition) is 5. The van der Waals surface area contributed by atoms with Crippen molar-refractivity contribution in [1.29, 1.82) is 0 Å². The average Bonchev–Trinajstić information content (AvgIpc) is 3.39. The van der Waals surface area contributed by atoms with Crippen molar-refractivity contribution >= 4 is 16.9 Å². The summed E-state index contributed by atoms with van der Waals surface area (Å²) in [5.41, 5.74) is 3.67. The van der Waals surface area contributed by atoms with Crippen LogP contribution in [0.15, 0.2) is 97.6 Å². The number of pyridine rings is 1. The Hall–Kier alpha value is -4.65. The lowest BCUT2D eigenvalue weighted by atomic mass is 10.1. The van der Waals surface area contributed by atoms with Gasteiger partial charge >= 0.3 is 5.97 Å². The Labute approximate surface area is 202 Å². The molecule has 0 aliphatic rings. The minimum absolute atomic E-state index is 0.120. The highest BCUT2D eigenvalue weighted by Gasteiger charge is 2.13. The van der Waals surface area contributed by atoms with Gasteiger partial charge in [-0.05, 0) is 47.5 Å². The Morgan fingerprint density at radius 3 is 2.66 bits per heavy atom. The van der Waals surface area contributed by atoms with Crippen LogP contribution in [-0.2, 0) is 19.8 Å². The fourth-order valence-corrected chi connectivity index (χ4v) is 3.78. The molecule has 35 heavy (non-hydrogen) atoms. The van der Waals surface area contributed by atoms with E-state index in [-0.39, 0.29) is 12.2 Å². The van der Waals surface area contributed by atoms with Gasteiger partial charge in [-0.3, -0.25) is 0 Å². The van der Waals surface area contributed by atoms with Crippen molar-refractivity contribution in [2.45, 2.75) is 19.8 Å². The maximum atomic E-state index is 11.7. The lowest BCUT2D eigenvalue weighted by molar-refractivity contribution is 0.0691. The number of carboxylic acid groups (broad SMARTS) is 1. The molecule has 0 aliphatic carbocycles. The number of carbonyl (C=O) groups is 1. The van der Waals surface area contributed by atoms with Crippen molar-refractivity contribution < 1.29 is 19.4 Å².